The van der Waals surface area contributed by atoms with E-state index >= 15 is 0 Å². The molecule has 2 heterocycles. The van der Waals surface area contributed by atoms with Crippen molar-refractivity contribution in [2.75, 3.05) is 0 Å². The molecule has 3 aromatic carbocycles. The van der Waals surface area contributed by atoms with E-state index < -0.39 is 0 Å². The van der Waals surface area contributed by atoms with Gasteiger partial charge in [0, 0.05) is 17.5 Å². The Hall–Kier alpha value is -3.66. The molecule has 0 fully saturated rings. The summed E-state index contributed by atoms with van der Waals surface area (Å²) in [5.74, 6) is 0.384. The molecule has 29 heavy (non-hydrogen) atoms. The van der Waals surface area contributed by atoms with Gasteiger partial charge in [0.25, 0.3) is 0 Å². The van der Waals surface area contributed by atoms with Gasteiger partial charge in [0.2, 0.25) is 0 Å². The average Bonchev–Trinajstić information content (AvgIpc) is 3.15. The Morgan fingerprint density at radius 2 is 1.66 bits per heavy atom. The van der Waals surface area contributed by atoms with E-state index in [9.17, 15) is 4.79 Å². The Balaban J connectivity index is 1.45. The number of carbonyl (C=O) groups is 1. The molecular formula is C25H20N2O2. The summed E-state index contributed by atoms with van der Waals surface area (Å²) in [4.78, 5) is 17.1. The molecule has 0 bridgehead atoms. The number of ether oxygens (including phenoxy) is 1. The highest BCUT2D eigenvalue weighted by atomic mass is 16.5. The number of para-hydroxylation sites is 3. The van der Waals surface area contributed by atoms with Crippen LogP contribution >= 0.6 is 0 Å². The Bertz CT molecular complexity index is 1320. The van der Waals surface area contributed by atoms with Crippen molar-refractivity contribution in [3.05, 3.63) is 90.6 Å². The number of fused-ring (bicyclic) bond motifs is 5. The average molecular weight is 380 g/mol. The van der Waals surface area contributed by atoms with Gasteiger partial charge in [0.05, 0.1) is 11.0 Å². The monoisotopic (exact) mass is 380 g/mol. The number of aryl methyl sites for hydroxylation is 1. The zero-order chi connectivity index (χ0) is 19.6. The predicted octanol–water partition coefficient (Wildman–Crippen LogP) is 5.57. The lowest BCUT2D eigenvalue weighted by Crippen LogP contribution is -2.08. The van der Waals surface area contributed by atoms with Crippen molar-refractivity contribution in [3.8, 4) is 5.75 Å². The van der Waals surface area contributed by atoms with Gasteiger partial charge in [-0.3, -0.25) is 9.20 Å². The van der Waals surface area contributed by atoms with Crippen molar-refractivity contribution < 1.29 is 9.53 Å². The van der Waals surface area contributed by atoms with Gasteiger partial charge in [0.1, 0.15) is 11.4 Å². The molecule has 5 aromatic rings. The molecule has 0 atom stereocenters. The van der Waals surface area contributed by atoms with Crippen LogP contribution in [0.2, 0.25) is 0 Å². The first-order valence-corrected chi connectivity index (χ1v) is 9.83. The molecule has 0 saturated heterocycles. The van der Waals surface area contributed by atoms with Gasteiger partial charge in [-0.2, -0.15) is 0 Å². The number of hydrogen-bond donors (Lipinski definition) is 0. The van der Waals surface area contributed by atoms with Crippen LogP contribution in [0.5, 0.6) is 5.75 Å². The number of nitrogens with zero attached hydrogens (tertiary/aromatic N) is 2. The van der Waals surface area contributed by atoms with Gasteiger partial charge in [-0.05, 0) is 48.6 Å². The zero-order valence-corrected chi connectivity index (χ0v) is 15.9. The minimum Gasteiger partial charge on any atom is -0.427 e. The van der Waals surface area contributed by atoms with Crippen LogP contribution in [0.3, 0.4) is 0 Å². The lowest BCUT2D eigenvalue weighted by atomic mass is 10.1. The largest absolute Gasteiger partial charge is 0.427 e. The SMILES string of the molecule is O=C(CCCc1cc2ccccc2c2nc3ccccc3n12)Oc1ccccc1. The van der Waals surface area contributed by atoms with Gasteiger partial charge in [-0.25, -0.2) is 4.98 Å². The van der Waals surface area contributed by atoms with Gasteiger partial charge in [-0.1, -0.05) is 54.6 Å². The van der Waals surface area contributed by atoms with Crippen molar-refractivity contribution in [2.24, 2.45) is 0 Å². The first kappa shape index (κ1) is 17.4. The summed E-state index contributed by atoms with van der Waals surface area (Å²) in [6.45, 7) is 0. The number of carbonyl (C=O) groups excluding carboxylic acids is 1. The Labute approximate surface area is 168 Å². The van der Waals surface area contributed by atoms with Gasteiger partial charge in [0.15, 0.2) is 0 Å². The number of esters is 1. The molecule has 4 nitrogen and oxygen atoms in total. The fourth-order valence-corrected chi connectivity index (χ4v) is 3.84. The van der Waals surface area contributed by atoms with E-state index in [-0.39, 0.29) is 5.97 Å². The summed E-state index contributed by atoms with van der Waals surface area (Å²) in [6.07, 6.45) is 1.85. The molecule has 0 aliphatic heterocycles. The van der Waals surface area contributed by atoms with Gasteiger partial charge in [-0.15, -0.1) is 0 Å². The summed E-state index contributed by atoms with van der Waals surface area (Å²) < 4.78 is 7.63. The van der Waals surface area contributed by atoms with Crippen LogP contribution in [0.1, 0.15) is 18.5 Å². The predicted molar refractivity (Wildman–Crippen MR) is 115 cm³/mol. The van der Waals surface area contributed by atoms with Crippen LogP contribution in [-0.2, 0) is 11.2 Å². The van der Waals surface area contributed by atoms with Crippen LogP contribution in [0.25, 0.3) is 27.5 Å². The molecule has 0 amide bonds. The van der Waals surface area contributed by atoms with E-state index in [1.54, 1.807) is 12.1 Å². The first-order valence-electron chi connectivity index (χ1n) is 9.83. The van der Waals surface area contributed by atoms with Gasteiger partial charge >= 0.3 is 5.97 Å². The quantitative estimate of drug-likeness (QED) is 0.296. The number of imidazole rings is 1. The molecule has 142 valence electrons. The van der Waals surface area contributed by atoms with Crippen LogP contribution in [0, 0.1) is 0 Å². The molecule has 5 rings (SSSR count). The Kier molecular flexibility index (Phi) is 4.45. The maximum atomic E-state index is 12.2. The minimum atomic E-state index is -0.205. The number of pyridine rings is 1. The number of rotatable bonds is 5. The molecule has 4 heteroatoms. The van der Waals surface area contributed by atoms with Crippen LogP contribution in [0.4, 0.5) is 0 Å². The second kappa shape index (κ2) is 7.40. The summed E-state index contributed by atoms with van der Waals surface area (Å²) in [6, 6.07) is 27.9. The van der Waals surface area contributed by atoms with E-state index in [1.807, 2.05) is 48.5 Å². The van der Waals surface area contributed by atoms with Crippen molar-refractivity contribution in [1.29, 1.82) is 0 Å². The highest BCUT2D eigenvalue weighted by molar-refractivity contribution is 5.98. The highest BCUT2D eigenvalue weighted by Gasteiger charge is 2.13. The Morgan fingerprint density at radius 3 is 2.55 bits per heavy atom. The topological polar surface area (TPSA) is 43.6 Å². The van der Waals surface area contributed by atoms with E-state index in [4.69, 9.17) is 9.72 Å². The molecule has 0 spiro atoms. The molecular weight excluding hydrogens is 360 g/mol. The number of benzene rings is 3. The molecule has 0 N–H and O–H groups in total. The Morgan fingerprint density at radius 1 is 0.897 bits per heavy atom. The fourth-order valence-electron chi connectivity index (χ4n) is 3.84. The molecule has 0 aliphatic carbocycles. The van der Waals surface area contributed by atoms with E-state index in [2.05, 4.69) is 28.7 Å². The first-order chi connectivity index (χ1) is 14.3. The highest BCUT2D eigenvalue weighted by Crippen LogP contribution is 2.27. The number of aromatic nitrogens is 2. The second-order valence-electron chi connectivity index (χ2n) is 7.12. The smallest absolute Gasteiger partial charge is 0.311 e. The maximum Gasteiger partial charge on any atom is 0.311 e. The van der Waals surface area contributed by atoms with Crippen molar-refractivity contribution in [1.82, 2.24) is 9.38 Å². The molecule has 0 saturated carbocycles. The van der Waals surface area contributed by atoms with E-state index in [0.717, 1.165) is 39.6 Å². The zero-order valence-electron chi connectivity index (χ0n) is 15.9. The molecule has 2 aromatic heterocycles. The van der Waals surface area contributed by atoms with Crippen molar-refractivity contribution in [3.63, 3.8) is 0 Å². The minimum absolute atomic E-state index is 0.205. The molecule has 0 aliphatic rings. The standard InChI is InChI=1S/C25H20N2O2/c28-24(29-20-11-2-1-3-12-20)16-8-10-19-17-18-9-4-5-13-21(18)25-26-22-14-6-7-15-23(22)27(19)25/h1-7,9,11-15,17H,8,10,16H2. The fraction of sp³-hybridized carbons (Fsp3) is 0.120. The molecule has 0 radical (unpaired) electrons. The van der Waals surface area contributed by atoms with Crippen molar-refractivity contribution in [2.45, 2.75) is 19.3 Å². The van der Waals surface area contributed by atoms with Crippen LogP contribution in [0.15, 0.2) is 84.9 Å². The third kappa shape index (κ3) is 3.34. The summed E-state index contributed by atoms with van der Waals surface area (Å²) in [5.41, 5.74) is 4.19. The third-order valence-corrected chi connectivity index (χ3v) is 5.16. The summed E-state index contributed by atoms with van der Waals surface area (Å²) in [5, 5.41) is 2.30. The van der Waals surface area contributed by atoms with Crippen LogP contribution < -0.4 is 4.74 Å². The normalized spacial score (nSPS) is 11.3. The van der Waals surface area contributed by atoms with Crippen LogP contribution in [-0.4, -0.2) is 15.4 Å². The van der Waals surface area contributed by atoms with Gasteiger partial charge < -0.3 is 4.74 Å². The van der Waals surface area contributed by atoms with Crippen molar-refractivity contribution >= 4 is 33.4 Å². The lowest BCUT2D eigenvalue weighted by molar-refractivity contribution is -0.134. The van der Waals surface area contributed by atoms with E-state index in [0.29, 0.717) is 18.6 Å². The maximum absolute atomic E-state index is 12.2. The second-order valence-corrected chi connectivity index (χ2v) is 7.12. The summed E-state index contributed by atoms with van der Waals surface area (Å²) >= 11 is 0. The lowest BCUT2D eigenvalue weighted by Gasteiger charge is -2.10. The summed E-state index contributed by atoms with van der Waals surface area (Å²) in [7, 11) is 0. The number of hydrogen-bond acceptors (Lipinski definition) is 3. The van der Waals surface area contributed by atoms with E-state index in [1.165, 1.54) is 0 Å². The molecule has 0 unspecified atom stereocenters. The third-order valence-electron chi connectivity index (χ3n) is 5.16.